The van der Waals surface area contributed by atoms with Gasteiger partial charge >= 0.3 is 0 Å². The Kier molecular flexibility index (Phi) is 6.86. The first kappa shape index (κ1) is 26.0. The number of piperazine rings is 1. The van der Waals surface area contributed by atoms with Crippen LogP contribution >= 0.6 is 0 Å². The van der Waals surface area contributed by atoms with E-state index in [9.17, 15) is 19.7 Å². The maximum absolute atomic E-state index is 13.8. The molecule has 0 N–H and O–H groups in total. The summed E-state index contributed by atoms with van der Waals surface area (Å²) in [6.45, 7) is 7.16. The van der Waals surface area contributed by atoms with Crippen LogP contribution in [0, 0.1) is 35.4 Å². The van der Waals surface area contributed by atoms with Crippen LogP contribution in [-0.2, 0) is 7.05 Å². The van der Waals surface area contributed by atoms with Gasteiger partial charge in [-0.25, -0.2) is 9.37 Å². The molecule has 1 saturated heterocycles. The molecule has 0 saturated carbocycles. The van der Waals surface area contributed by atoms with Gasteiger partial charge in [-0.2, -0.15) is 10.5 Å². The molecule has 3 aromatic heterocycles. The molecule has 8 nitrogen and oxygen atoms in total. The first-order valence-corrected chi connectivity index (χ1v) is 12.8. The summed E-state index contributed by atoms with van der Waals surface area (Å²) in [5.41, 5.74) is 3.98. The lowest BCUT2D eigenvalue weighted by molar-refractivity contribution is 0.127. The van der Waals surface area contributed by atoms with Crippen LogP contribution in [0.5, 0.6) is 0 Å². The van der Waals surface area contributed by atoms with Gasteiger partial charge in [-0.05, 0) is 62.7 Å². The van der Waals surface area contributed by atoms with Gasteiger partial charge in [0.1, 0.15) is 34.7 Å². The van der Waals surface area contributed by atoms with E-state index in [1.54, 1.807) is 31.3 Å². The number of hydrogen-bond acceptors (Lipinski definition) is 7. The molecule has 1 aromatic carbocycles. The number of aromatic nitrogens is 3. The fourth-order valence-corrected chi connectivity index (χ4v) is 5.55. The fourth-order valence-electron chi connectivity index (χ4n) is 5.55. The van der Waals surface area contributed by atoms with Gasteiger partial charge in [-0.3, -0.25) is 14.7 Å². The third-order valence-electron chi connectivity index (χ3n) is 7.47. The van der Waals surface area contributed by atoms with Crippen molar-refractivity contribution < 1.29 is 4.39 Å². The minimum atomic E-state index is -0.401. The standard InChI is InChI=1S/C30H28FN7O/c1-18-6-5-7-25(34-18)28(21-8-10-22(31)11-9-21)37-16-20(3)38(17-19(37)2)29-24(15-33)30(39)36(4)26-13-12-23(14-32)35-27(26)29/h5-13,19-20,28H,16-17H2,1-4H3/t19-,20+,28?/m1/s1. The lowest BCUT2D eigenvalue weighted by Gasteiger charge is -2.48. The number of nitrogens with zero attached hydrogens (tertiary/aromatic N) is 7. The van der Waals surface area contributed by atoms with E-state index in [0.29, 0.717) is 29.8 Å². The van der Waals surface area contributed by atoms with E-state index >= 15 is 0 Å². The zero-order valence-electron chi connectivity index (χ0n) is 22.3. The van der Waals surface area contributed by atoms with Crippen molar-refractivity contribution in [2.45, 2.75) is 38.9 Å². The number of hydrogen-bond donors (Lipinski definition) is 0. The molecule has 0 spiro atoms. The number of nitriles is 2. The molecule has 1 unspecified atom stereocenters. The molecule has 9 heteroatoms. The molecule has 0 radical (unpaired) electrons. The van der Waals surface area contributed by atoms with E-state index in [-0.39, 0.29) is 35.2 Å². The molecule has 1 aliphatic rings. The van der Waals surface area contributed by atoms with Crippen LogP contribution in [0.25, 0.3) is 11.0 Å². The molecule has 1 aliphatic heterocycles. The van der Waals surface area contributed by atoms with Crippen LogP contribution < -0.4 is 10.5 Å². The largest absolute Gasteiger partial charge is 0.363 e. The second-order valence-corrected chi connectivity index (χ2v) is 10.1. The first-order valence-electron chi connectivity index (χ1n) is 12.8. The average Bonchev–Trinajstić information content (AvgIpc) is 2.93. The van der Waals surface area contributed by atoms with Gasteiger partial charge < -0.3 is 9.47 Å². The monoisotopic (exact) mass is 521 g/mol. The van der Waals surface area contributed by atoms with Crippen LogP contribution in [0.1, 0.15) is 48.1 Å². The Morgan fingerprint density at radius 1 is 0.974 bits per heavy atom. The Bertz CT molecular complexity index is 1700. The lowest BCUT2D eigenvalue weighted by atomic mass is 9.95. The number of benzene rings is 1. The number of anilines is 1. The Morgan fingerprint density at radius 3 is 2.38 bits per heavy atom. The molecule has 0 bridgehead atoms. The van der Waals surface area contributed by atoms with Crippen LogP contribution in [0.4, 0.5) is 10.1 Å². The van der Waals surface area contributed by atoms with Crippen molar-refractivity contribution in [1.82, 2.24) is 19.4 Å². The van der Waals surface area contributed by atoms with E-state index in [0.717, 1.165) is 17.0 Å². The van der Waals surface area contributed by atoms with E-state index in [1.165, 1.54) is 16.7 Å². The molecule has 1 fully saturated rings. The van der Waals surface area contributed by atoms with Crippen molar-refractivity contribution >= 4 is 16.7 Å². The van der Waals surface area contributed by atoms with E-state index < -0.39 is 5.56 Å². The third kappa shape index (κ3) is 4.62. The molecular formula is C30H28FN7O. The predicted octanol–water partition coefficient (Wildman–Crippen LogP) is 4.21. The highest BCUT2D eigenvalue weighted by Gasteiger charge is 2.37. The average molecular weight is 522 g/mol. The van der Waals surface area contributed by atoms with Crippen molar-refractivity contribution in [2.75, 3.05) is 18.0 Å². The summed E-state index contributed by atoms with van der Waals surface area (Å²) in [4.78, 5) is 26.9. The summed E-state index contributed by atoms with van der Waals surface area (Å²) in [6, 6.07) is 19.5. The highest BCUT2D eigenvalue weighted by atomic mass is 19.1. The number of pyridine rings is 3. The maximum atomic E-state index is 13.8. The van der Waals surface area contributed by atoms with Crippen molar-refractivity contribution in [3.8, 4) is 12.1 Å². The summed E-state index contributed by atoms with van der Waals surface area (Å²) >= 11 is 0. The molecule has 4 heterocycles. The quantitative estimate of drug-likeness (QED) is 0.396. The summed E-state index contributed by atoms with van der Waals surface area (Å²) in [6.07, 6.45) is 0. The molecule has 0 aliphatic carbocycles. The number of aryl methyl sites for hydroxylation is 2. The number of fused-ring (bicyclic) bond motifs is 1. The predicted molar refractivity (Wildman–Crippen MR) is 147 cm³/mol. The molecule has 39 heavy (non-hydrogen) atoms. The lowest BCUT2D eigenvalue weighted by Crippen LogP contribution is -2.58. The molecule has 0 amide bonds. The first-order chi connectivity index (χ1) is 18.7. The zero-order chi connectivity index (χ0) is 27.8. The maximum Gasteiger partial charge on any atom is 0.270 e. The Morgan fingerprint density at radius 2 is 1.72 bits per heavy atom. The highest BCUT2D eigenvalue weighted by Crippen LogP contribution is 2.36. The second-order valence-electron chi connectivity index (χ2n) is 10.1. The van der Waals surface area contributed by atoms with Crippen LogP contribution in [0.15, 0.2) is 59.4 Å². The topological polar surface area (TPSA) is 102 Å². The Hall–Kier alpha value is -4.60. The molecule has 5 rings (SSSR count). The van der Waals surface area contributed by atoms with Gasteiger partial charge in [0.25, 0.3) is 5.56 Å². The summed E-state index contributed by atoms with van der Waals surface area (Å²) in [5, 5.41) is 19.5. The Labute approximate surface area is 226 Å². The number of rotatable bonds is 4. The van der Waals surface area contributed by atoms with Crippen LogP contribution in [0.3, 0.4) is 0 Å². The zero-order valence-corrected chi connectivity index (χ0v) is 22.3. The summed E-state index contributed by atoms with van der Waals surface area (Å²) < 4.78 is 15.2. The van der Waals surface area contributed by atoms with Crippen molar-refractivity contribution in [3.63, 3.8) is 0 Å². The van der Waals surface area contributed by atoms with Gasteiger partial charge in [0.15, 0.2) is 0 Å². The van der Waals surface area contributed by atoms with Crippen molar-refractivity contribution in [1.29, 1.82) is 10.5 Å². The highest BCUT2D eigenvalue weighted by molar-refractivity contribution is 5.92. The van der Waals surface area contributed by atoms with Gasteiger partial charge in [-0.1, -0.05) is 18.2 Å². The smallest absolute Gasteiger partial charge is 0.270 e. The van der Waals surface area contributed by atoms with Crippen molar-refractivity contribution in [2.24, 2.45) is 7.05 Å². The third-order valence-corrected chi connectivity index (χ3v) is 7.47. The van der Waals surface area contributed by atoms with Gasteiger partial charge in [-0.15, -0.1) is 0 Å². The van der Waals surface area contributed by atoms with Gasteiger partial charge in [0, 0.05) is 37.9 Å². The molecule has 196 valence electrons. The SMILES string of the molecule is Cc1cccc(C(c2ccc(F)cc2)N2C[C@H](C)N(c3c(C#N)c(=O)n(C)c4ccc(C#N)nc34)C[C@H]2C)n1. The van der Waals surface area contributed by atoms with Gasteiger partial charge in [0.2, 0.25) is 0 Å². The van der Waals surface area contributed by atoms with E-state index in [2.05, 4.69) is 33.8 Å². The molecular weight excluding hydrogens is 493 g/mol. The molecule has 3 atom stereocenters. The minimum Gasteiger partial charge on any atom is -0.363 e. The normalized spacial score (nSPS) is 18.5. The van der Waals surface area contributed by atoms with Crippen molar-refractivity contribution in [3.05, 3.63) is 99.0 Å². The Balaban J connectivity index is 1.61. The second kappa shape index (κ2) is 10.3. The van der Waals surface area contributed by atoms with E-state index in [1.807, 2.05) is 32.0 Å². The van der Waals surface area contributed by atoms with Gasteiger partial charge in [0.05, 0.1) is 22.9 Å². The minimum absolute atomic E-state index is 0.00975. The van der Waals surface area contributed by atoms with Crippen LogP contribution in [0.2, 0.25) is 0 Å². The number of halogens is 1. The fraction of sp³-hybridized carbons (Fsp3) is 0.300. The summed E-state index contributed by atoms with van der Waals surface area (Å²) in [7, 11) is 1.61. The van der Waals surface area contributed by atoms with E-state index in [4.69, 9.17) is 4.98 Å². The van der Waals surface area contributed by atoms with Crippen LogP contribution in [-0.4, -0.2) is 44.6 Å². The summed E-state index contributed by atoms with van der Waals surface area (Å²) in [5.74, 6) is -0.299. The molecule has 4 aromatic rings.